The molecule has 1 heterocycles. The van der Waals surface area contributed by atoms with Crippen molar-refractivity contribution in [3.8, 4) is 0 Å². The molecular formula is C29H44N2O4. The van der Waals surface area contributed by atoms with Crippen molar-refractivity contribution in [2.45, 2.75) is 86.2 Å². The lowest BCUT2D eigenvalue weighted by molar-refractivity contribution is -0.144. The third-order valence-corrected chi connectivity index (χ3v) is 10.6. The van der Waals surface area contributed by atoms with Gasteiger partial charge < -0.3 is 9.64 Å². The van der Waals surface area contributed by atoms with Crippen LogP contribution < -0.4 is 0 Å². The van der Waals surface area contributed by atoms with Gasteiger partial charge >= 0.3 is 6.09 Å². The summed E-state index contributed by atoms with van der Waals surface area (Å²) in [6.07, 6.45) is 6.48. The van der Waals surface area contributed by atoms with Crippen LogP contribution in [0.3, 0.4) is 0 Å². The number of nitrogens with zero attached hydrogens (tertiary/aromatic N) is 2. The first-order valence-electron chi connectivity index (χ1n) is 13.9. The summed E-state index contributed by atoms with van der Waals surface area (Å²) < 4.78 is 5.87. The summed E-state index contributed by atoms with van der Waals surface area (Å²) in [5.74, 6) is 2.18. The first kappa shape index (κ1) is 24.8. The molecule has 4 aliphatic carbocycles. The topological polar surface area (TPSA) is 66.9 Å². The fourth-order valence-electron chi connectivity index (χ4n) is 8.84. The maximum atomic E-state index is 13.5. The molecule has 35 heavy (non-hydrogen) atoms. The quantitative estimate of drug-likeness (QED) is 0.547. The zero-order chi connectivity index (χ0) is 25.5. The normalized spacial score (nSPS) is 41.7. The number of allylic oxidation sites excluding steroid dienone is 2. The van der Waals surface area contributed by atoms with Gasteiger partial charge in [-0.1, -0.05) is 13.8 Å². The molecular weight excluding hydrogens is 440 g/mol. The molecule has 6 heteroatoms. The highest BCUT2D eigenvalue weighted by molar-refractivity contribution is 5.97. The molecule has 194 valence electrons. The summed E-state index contributed by atoms with van der Waals surface area (Å²) in [4.78, 5) is 43.7. The number of likely N-dealkylation sites (tertiary alicyclic amines) is 1. The van der Waals surface area contributed by atoms with E-state index in [2.05, 4.69) is 27.7 Å². The van der Waals surface area contributed by atoms with Crippen LogP contribution in [-0.2, 0) is 14.3 Å². The Labute approximate surface area is 210 Å². The Balaban J connectivity index is 1.51. The van der Waals surface area contributed by atoms with Gasteiger partial charge in [-0.05, 0) is 95.8 Å². The van der Waals surface area contributed by atoms with Crippen LogP contribution in [-0.4, -0.2) is 52.8 Å². The van der Waals surface area contributed by atoms with Crippen molar-refractivity contribution < 1.29 is 19.1 Å². The van der Waals surface area contributed by atoms with E-state index in [9.17, 15) is 14.4 Å². The van der Waals surface area contributed by atoms with Crippen molar-refractivity contribution in [3.63, 3.8) is 0 Å². The lowest BCUT2D eigenvalue weighted by Crippen LogP contribution is -2.60. The first-order chi connectivity index (χ1) is 16.4. The molecule has 1 saturated heterocycles. The number of ketones is 1. The fraction of sp³-hybridized carbons (Fsp3) is 0.828. The molecule has 0 N–H and O–H groups in total. The first-order valence-corrected chi connectivity index (χ1v) is 13.9. The standard InChI is InChI=1S/C29H44N2O4/c1-8-30(9-2)25(33)21-11-10-19-18-16-31(26(34)35-27(3,4)5)24-15-23(32)17-14-22(17)29(24,7)20(18)12-13-28(19,21)6/h15,17-22H,8-14,16H2,1-7H3/t17-,18+,19+,20+,21-,22+,28+,29+/m1/s1. The largest absolute Gasteiger partial charge is 0.443 e. The maximum absolute atomic E-state index is 13.5. The molecule has 4 fully saturated rings. The molecule has 0 spiro atoms. The summed E-state index contributed by atoms with van der Waals surface area (Å²) in [5.41, 5.74) is 0.0854. The van der Waals surface area contributed by atoms with Crippen molar-refractivity contribution in [2.75, 3.05) is 19.6 Å². The number of amides is 2. The second-order valence-electron chi connectivity index (χ2n) is 13.3. The summed E-state index contributed by atoms with van der Waals surface area (Å²) in [6, 6.07) is 0. The number of piperidine rings is 1. The lowest BCUT2D eigenvalue weighted by atomic mass is 9.49. The fourth-order valence-corrected chi connectivity index (χ4v) is 8.84. The minimum absolute atomic E-state index is 0.0363. The van der Waals surface area contributed by atoms with Crippen LogP contribution in [0.1, 0.15) is 80.6 Å². The predicted octanol–water partition coefficient (Wildman–Crippen LogP) is 5.27. The number of hydrogen-bond acceptors (Lipinski definition) is 4. The van der Waals surface area contributed by atoms with Gasteiger partial charge in [0.05, 0.1) is 0 Å². The molecule has 5 rings (SSSR count). The molecule has 0 radical (unpaired) electrons. The van der Waals surface area contributed by atoms with Crippen molar-refractivity contribution in [1.29, 1.82) is 0 Å². The van der Waals surface area contributed by atoms with Gasteiger partial charge in [-0.2, -0.15) is 0 Å². The van der Waals surface area contributed by atoms with Crippen molar-refractivity contribution in [3.05, 3.63) is 11.8 Å². The Hall–Kier alpha value is -1.85. The second kappa shape index (κ2) is 8.08. The number of hydrogen-bond donors (Lipinski definition) is 0. The number of ether oxygens (including phenoxy) is 1. The van der Waals surface area contributed by atoms with Crippen LogP contribution in [0.5, 0.6) is 0 Å². The summed E-state index contributed by atoms with van der Waals surface area (Å²) in [7, 11) is 0. The zero-order valence-corrected chi connectivity index (χ0v) is 22.7. The summed E-state index contributed by atoms with van der Waals surface area (Å²) in [5, 5.41) is 0. The highest BCUT2D eigenvalue weighted by Gasteiger charge is 2.68. The van der Waals surface area contributed by atoms with E-state index in [4.69, 9.17) is 4.74 Å². The highest BCUT2D eigenvalue weighted by Crippen LogP contribution is 2.70. The van der Waals surface area contributed by atoms with Gasteiger partial charge in [0.1, 0.15) is 5.60 Å². The van der Waals surface area contributed by atoms with E-state index in [1.54, 1.807) is 6.08 Å². The molecule has 8 atom stereocenters. The third kappa shape index (κ3) is 3.60. The molecule has 0 unspecified atom stereocenters. The van der Waals surface area contributed by atoms with Crippen LogP contribution in [0.2, 0.25) is 0 Å². The Morgan fingerprint density at radius 3 is 2.40 bits per heavy atom. The lowest BCUT2D eigenvalue weighted by Gasteiger charge is -2.60. The molecule has 6 nitrogen and oxygen atoms in total. The molecule has 0 aromatic rings. The molecule has 0 aromatic carbocycles. The molecule has 5 aliphatic rings. The molecule has 2 amide bonds. The van der Waals surface area contributed by atoms with E-state index in [1.807, 2.05) is 30.6 Å². The average molecular weight is 485 g/mol. The van der Waals surface area contributed by atoms with Gasteiger partial charge in [0, 0.05) is 48.7 Å². The Morgan fingerprint density at radius 2 is 1.77 bits per heavy atom. The van der Waals surface area contributed by atoms with E-state index < -0.39 is 5.60 Å². The predicted molar refractivity (Wildman–Crippen MR) is 134 cm³/mol. The average Bonchev–Trinajstić information content (AvgIpc) is 3.51. The van der Waals surface area contributed by atoms with E-state index in [1.165, 1.54) is 0 Å². The SMILES string of the molecule is CCN(CC)C(=O)[C@H]1CC[C@H]2[C@@H]3CN(C(=O)OC(C)(C)C)C4=CC(=O)[C@@H]5C[C@@H]5[C@]4(C)[C@H]3CC[C@]12C. The molecule has 0 aromatic heterocycles. The van der Waals surface area contributed by atoms with Gasteiger partial charge in [-0.25, -0.2) is 4.79 Å². The van der Waals surface area contributed by atoms with Crippen LogP contribution in [0.15, 0.2) is 11.8 Å². The van der Waals surface area contributed by atoms with Gasteiger partial charge in [-0.3, -0.25) is 14.5 Å². The minimum Gasteiger partial charge on any atom is -0.443 e. The number of rotatable bonds is 3. The van der Waals surface area contributed by atoms with Crippen LogP contribution in [0.25, 0.3) is 0 Å². The van der Waals surface area contributed by atoms with Gasteiger partial charge in [-0.15, -0.1) is 0 Å². The summed E-state index contributed by atoms with van der Waals surface area (Å²) >= 11 is 0. The van der Waals surface area contributed by atoms with E-state index in [-0.39, 0.29) is 34.5 Å². The van der Waals surface area contributed by atoms with Crippen LogP contribution in [0.4, 0.5) is 4.79 Å². The number of carbonyl (C=O) groups is 3. The molecule has 3 saturated carbocycles. The van der Waals surface area contributed by atoms with Crippen molar-refractivity contribution in [2.24, 2.45) is 46.3 Å². The third-order valence-electron chi connectivity index (χ3n) is 10.6. The van der Waals surface area contributed by atoms with Gasteiger partial charge in [0.2, 0.25) is 5.91 Å². The monoisotopic (exact) mass is 484 g/mol. The number of carbonyl (C=O) groups excluding carboxylic acids is 3. The zero-order valence-electron chi connectivity index (χ0n) is 22.7. The van der Waals surface area contributed by atoms with E-state index in [0.29, 0.717) is 36.1 Å². The van der Waals surface area contributed by atoms with Crippen molar-refractivity contribution in [1.82, 2.24) is 9.80 Å². The van der Waals surface area contributed by atoms with Crippen molar-refractivity contribution >= 4 is 17.8 Å². The number of fused-ring (bicyclic) bond motifs is 7. The highest BCUT2D eigenvalue weighted by atomic mass is 16.6. The van der Waals surface area contributed by atoms with Gasteiger partial charge in [0.15, 0.2) is 5.78 Å². The molecule has 0 bridgehead atoms. The van der Waals surface area contributed by atoms with E-state index >= 15 is 0 Å². The smallest absolute Gasteiger partial charge is 0.414 e. The Bertz CT molecular complexity index is 962. The second-order valence-corrected chi connectivity index (χ2v) is 13.3. The Morgan fingerprint density at radius 1 is 1.09 bits per heavy atom. The van der Waals surface area contributed by atoms with Crippen LogP contribution in [0, 0.1) is 46.3 Å². The Kier molecular flexibility index (Phi) is 5.73. The summed E-state index contributed by atoms with van der Waals surface area (Å²) in [6.45, 7) is 16.6. The van der Waals surface area contributed by atoms with E-state index in [0.717, 1.165) is 50.9 Å². The molecule has 1 aliphatic heterocycles. The maximum Gasteiger partial charge on any atom is 0.414 e. The van der Waals surface area contributed by atoms with Gasteiger partial charge in [0.25, 0.3) is 0 Å². The van der Waals surface area contributed by atoms with Crippen LogP contribution >= 0.6 is 0 Å². The minimum atomic E-state index is -0.596.